The number of fused-ring (bicyclic) bond motifs is 9. The van der Waals surface area contributed by atoms with E-state index in [-0.39, 0.29) is 10.8 Å². The Bertz CT molecular complexity index is 2700. The molecule has 7 aliphatic carbocycles. The molecule has 0 aromatic heterocycles. The van der Waals surface area contributed by atoms with E-state index in [9.17, 15) is 0 Å². The average Bonchev–Trinajstić information content (AvgIpc) is 3.93. The van der Waals surface area contributed by atoms with Crippen LogP contribution in [0, 0.1) is 23.7 Å². The van der Waals surface area contributed by atoms with Crippen molar-refractivity contribution in [2.24, 2.45) is 23.7 Å². The van der Waals surface area contributed by atoms with Crippen molar-refractivity contribution in [3.05, 3.63) is 174 Å². The van der Waals surface area contributed by atoms with Gasteiger partial charge in [-0.3, -0.25) is 0 Å². The molecule has 56 heavy (non-hydrogen) atoms. The maximum Gasteiger partial charge on any atom is 0.0465 e. The summed E-state index contributed by atoms with van der Waals surface area (Å²) in [6, 6.07) is 58.9. The van der Waals surface area contributed by atoms with Crippen LogP contribution in [0.15, 0.2) is 152 Å². The van der Waals surface area contributed by atoms with Gasteiger partial charge in [-0.25, -0.2) is 0 Å². The lowest BCUT2D eigenvalue weighted by molar-refractivity contribution is -0.0399. The number of anilines is 3. The zero-order chi connectivity index (χ0) is 36.6. The van der Waals surface area contributed by atoms with Gasteiger partial charge in [-0.1, -0.05) is 122 Å². The van der Waals surface area contributed by atoms with Crippen LogP contribution in [0.2, 0.25) is 0 Å². The molecule has 5 saturated carbocycles. The Hall–Kier alpha value is -5.40. The Morgan fingerprint density at radius 3 is 1.64 bits per heavy atom. The lowest BCUT2D eigenvalue weighted by atomic mass is 9.43. The van der Waals surface area contributed by atoms with Crippen LogP contribution in [-0.4, -0.2) is 0 Å². The minimum atomic E-state index is 0.123. The van der Waals surface area contributed by atoms with E-state index in [1.165, 1.54) is 125 Å². The van der Waals surface area contributed by atoms with Crippen molar-refractivity contribution >= 4 is 27.8 Å². The second-order valence-electron chi connectivity index (χ2n) is 18.5. The molecule has 1 heteroatoms. The Morgan fingerprint density at radius 2 is 0.929 bits per heavy atom. The second kappa shape index (κ2) is 11.6. The van der Waals surface area contributed by atoms with Crippen molar-refractivity contribution in [2.45, 2.75) is 68.6 Å². The molecule has 272 valence electrons. The lowest BCUT2D eigenvalue weighted by Crippen LogP contribution is -2.55. The first kappa shape index (κ1) is 31.8. The summed E-state index contributed by atoms with van der Waals surface area (Å²) in [4.78, 5) is 2.60. The molecule has 2 spiro atoms. The lowest BCUT2D eigenvalue weighted by Gasteiger charge is -2.61. The standard InChI is InChI=1S/C55H47N/c1-2-10-39-32-40(16-15-37(39)9-1)38-17-19-43(20-18-38)56(44-21-23-48-46-11-3-5-13-50(46)54(52(48)33-44)25-7-8-26-54)45-22-24-49-47-12-4-6-14-51(47)55(53(49)34-45)41-28-35-27-36(30-41)31-42(55)29-35/h1-6,9-24,32-36,41-42H,7-8,25-31H2. The highest BCUT2D eigenvalue weighted by molar-refractivity contribution is 5.90. The molecule has 4 bridgehead atoms. The third-order valence-corrected chi connectivity index (χ3v) is 16.0. The minimum absolute atomic E-state index is 0.123. The van der Waals surface area contributed by atoms with Crippen LogP contribution in [0.5, 0.6) is 0 Å². The fraction of sp³-hybridized carbons (Fsp3) is 0.273. The summed E-state index contributed by atoms with van der Waals surface area (Å²) >= 11 is 0. The fourth-order valence-corrected chi connectivity index (χ4v) is 14.0. The molecule has 0 heterocycles. The van der Waals surface area contributed by atoms with Gasteiger partial charge in [0.15, 0.2) is 0 Å². The third kappa shape index (κ3) is 4.22. The molecule has 0 saturated heterocycles. The SMILES string of the molecule is c1ccc2c(c1)-c1ccc(N(c3ccc(-c4ccc5ccccc5c4)cc3)c3ccc4c(c3)C3(c5ccccc5-4)C4CC5CC(C4)CC3C5)cc1C21CCCC1. The number of nitrogens with zero attached hydrogens (tertiary/aromatic N) is 1. The van der Waals surface area contributed by atoms with E-state index < -0.39 is 0 Å². The van der Waals surface area contributed by atoms with Gasteiger partial charge < -0.3 is 4.90 Å². The summed E-state index contributed by atoms with van der Waals surface area (Å²) in [5, 5.41) is 2.57. The predicted molar refractivity (Wildman–Crippen MR) is 232 cm³/mol. The van der Waals surface area contributed by atoms with Crippen molar-refractivity contribution in [2.75, 3.05) is 4.90 Å². The number of benzene rings is 7. The summed E-state index contributed by atoms with van der Waals surface area (Å²) in [5.41, 5.74) is 18.8. The van der Waals surface area contributed by atoms with E-state index in [2.05, 4.69) is 157 Å². The van der Waals surface area contributed by atoms with E-state index in [0.29, 0.717) is 0 Å². The molecule has 7 aliphatic rings. The van der Waals surface area contributed by atoms with Crippen LogP contribution in [0.4, 0.5) is 17.1 Å². The zero-order valence-corrected chi connectivity index (χ0v) is 32.1. The molecule has 0 radical (unpaired) electrons. The molecule has 0 N–H and O–H groups in total. The van der Waals surface area contributed by atoms with E-state index in [1.807, 2.05) is 0 Å². The summed E-state index contributed by atoms with van der Waals surface area (Å²) in [7, 11) is 0. The molecule has 0 amide bonds. The van der Waals surface area contributed by atoms with Crippen LogP contribution in [0.1, 0.15) is 80.0 Å². The highest BCUT2D eigenvalue weighted by Crippen LogP contribution is 2.69. The predicted octanol–water partition coefficient (Wildman–Crippen LogP) is 14.5. The smallest absolute Gasteiger partial charge is 0.0465 e. The zero-order valence-electron chi connectivity index (χ0n) is 32.1. The molecular weight excluding hydrogens is 675 g/mol. The van der Waals surface area contributed by atoms with Crippen molar-refractivity contribution in [3.8, 4) is 33.4 Å². The van der Waals surface area contributed by atoms with Crippen molar-refractivity contribution in [1.29, 1.82) is 0 Å². The quantitative estimate of drug-likeness (QED) is 0.175. The maximum atomic E-state index is 2.67. The normalized spacial score (nSPS) is 25.4. The average molecular weight is 722 g/mol. The molecule has 14 rings (SSSR count). The third-order valence-electron chi connectivity index (χ3n) is 16.0. The Kier molecular flexibility index (Phi) is 6.57. The van der Waals surface area contributed by atoms with Crippen molar-refractivity contribution < 1.29 is 0 Å². The molecule has 5 fully saturated rings. The van der Waals surface area contributed by atoms with Crippen molar-refractivity contribution in [3.63, 3.8) is 0 Å². The van der Waals surface area contributed by atoms with Gasteiger partial charge in [-0.05, 0) is 177 Å². The molecule has 0 atom stereocenters. The van der Waals surface area contributed by atoms with E-state index in [4.69, 9.17) is 0 Å². The highest BCUT2D eigenvalue weighted by Gasteiger charge is 2.61. The van der Waals surface area contributed by atoms with Crippen LogP contribution >= 0.6 is 0 Å². The largest absolute Gasteiger partial charge is 0.310 e. The van der Waals surface area contributed by atoms with Gasteiger partial charge in [0.05, 0.1) is 0 Å². The summed E-state index contributed by atoms with van der Waals surface area (Å²) in [6.07, 6.45) is 12.2. The summed E-state index contributed by atoms with van der Waals surface area (Å²) in [6.45, 7) is 0. The molecular formula is C55H47N. The molecule has 7 aromatic rings. The number of hydrogen-bond acceptors (Lipinski definition) is 1. The second-order valence-corrected chi connectivity index (χ2v) is 18.5. The number of rotatable bonds is 4. The van der Waals surface area contributed by atoms with E-state index in [0.717, 1.165) is 23.7 Å². The first-order valence-corrected chi connectivity index (χ1v) is 21.6. The molecule has 7 aromatic carbocycles. The van der Waals surface area contributed by atoms with Crippen LogP contribution < -0.4 is 4.90 Å². The van der Waals surface area contributed by atoms with Gasteiger partial charge in [-0.2, -0.15) is 0 Å². The highest BCUT2D eigenvalue weighted by atomic mass is 15.1. The Balaban J connectivity index is 0.994. The first-order valence-electron chi connectivity index (χ1n) is 21.6. The van der Waals surface area contributed by atoms with Crippen LogP contribution in [-0.2, 0) is 10.8 Å². The minimum Gasteiger partial charge on any atom is -0.310 e. The number of hydrogen-bond donors (Lipinski definition) is 0. The first-order chi connectivity index (χ1) is 27.7. The van der Waals surface area contributed by atoms with Gasteiger partial charge in [0, 0.05) is 27.9 Å². The van der Waals surface area contributed by atoms with E-state index in [1.54, 1.807) is 16.7 Å². The Morgan fingerprint density at radius 1 is 0.393 bits per heavy atom. The van der Waals surface area contributed by atoms with Crippen LogP contribution in [0.25, 0.3) is 44.2 Å². The van der Waals surface area contributed by atoms with Gasteiger partial charge in [0.25, 0.3) is 0 Å². The summed E-state index contributed by atoms with van der Waals surface area (Å²) in [5.74, 6) is 3.34. The topological polar surface area (TPSA) is 3.24 Å². The molecule has 0 aliphatic heterocycles. The van der Waals surface area contributed by atoms with Crippen molar-refractivity contribution in [1.82, 2.24) is 0 Å². The van der Waals surface area contributed by atoms with E-state index >= 15 is 0 Å². The van der Waals surface area contributed by atoms with Gasteiger partial charge >= 0.3 is 0 Å². The Labute approximate surface area is 331 Å². The summed E-state index contributed by atoms with van der Waals surface area (Å²) < 4.78 is 0. The van der Waals surface area contributed by atoms with Gasteiger partial charge in [0.2, 0.25) is 0 Å². The molecule has 1 nitrogen and oxygen atoms in total. The van der Waals surface area contributed by atoms with Gasteiger partial charge in [-0.15, -0.1) is 0 Å². The maximum absolute atomic E-state index is 2.67. The van der Waals surface area contributed by atoms with Gasteiger partial charge in [0.1, 0.15) is 0 Å². The molecule has 0 unspecified atom stereocenters. The van der Waals surface area contributed by atoms with Crippen LogP contribution in [0.3, 0.4) is 0 Å². The monoisotopic (exact) mass is 721 g/mol. The fourth-order valence-electron chi connectivity index (χ4n) is 14.0.